The van der Waals surface area contributed by atoms with E-state index in [1.54, 1.807) is 0 Å². The molecule has 82 valence electrons. The van der Waals surface area contributed by atoms with E-state index in [1.165, 1.54) is 6.42 Å². The van der Waals surface area contributed by atoms with E-state index >= 15 is 0 Å². The highest BCUT2D eigenvalue weighted by Gasteiger charge is 2.23. The summed E-state index contributed by atoms with van der Waals surface area (Å²) in [6.45, 7) is 5.52. The van der Waals surface area contributed by atoms with Gasteiger partial charge >= 0.3 is 0 Å². The van der Waals surface area contributed by atoms with E-state index in [1.807, 2.05) is 0 Å². The molecule has 1 aliphatic rings. The average molecular weight is 209 g/mol. The Kier molecular flexibility index (Phi) is 3.11. The summed E-state index contributed by atoms with van der Waals surface area (Å²) in [7, 11) is 0. The highest BCUT2D eigenvalue weighted by Crippen LogP contribution is 2.18. The molecule has 0 aromatic carbocycles. The number of rotatable bonds is 4. The number of nitrogens with zero attached hydrogens (tertiary/aromatic N) is 3. The Morgan fingerprint density at radius 3 is 3.13 bits per heavy atom. The summed E-state index contributed by atoms with van der Waals surface area (Å²) >= 11 is 0. The molecule has 0 radical (unpaired) electrons. The molecule has 5 heteroatoms. The van der Waals surface area contributed by atoms with Gasteiger partial charge in [-0.05, 0) is 25.4 Å². The average Bonchev–Trinajstić information content (AvgIpc) is 2.87. The Balaban J connectivity index is 1.89. The fraction of sp³-hybridized carbons (Fsp3) is 0.700. The number of carbonyl (C=O) groups is 1. The van der Waals surface area contributed by atoms with Gasteiger partial charge in [-0.25, -0.2) is 0 Å². The second-order valence-electron chi connectivity index (χ2n) is 3.92. The molecule has 0 bridgehead atoms. The lowest BCUT2D eigenvalue weighted by Gasteiger charge is -2.11. The minimum Gasteiger partial charge on any atom is -0.331 e. The van der Waals surface area contributed by atoms with Crippen molar-refractivity contribution in [2.75, 3.05) is 19.6 Å². The second-order valence-corrected chi connectivity index (χ2v) is 3.92. The van der Waals surface area contributed by atoms with E-state index in [4.69, 9.17) is 4.52 Å². The van der Waals surface area contributed by atoms with Crippen LogP contribution in [-0.2, 0) is 6.42 Å². The van der Waals surface area contributed by atoms with Crippen molar-refractivity contribution in [3.05, 3.63) is 11.7 Å². The van der Waals surface area contributed by atoms with E-state index in [-0.39, 0.29) is 5.89 Å². The van der Waals surface area contributed by atoms with Crippen molar-refractivity contribution in [3.8, 4) is 0 Å². The number of aromatic nitrogens is 2. The molecule has 5 nitrogen and oxygen atoms in total. The molecule has 15 heavy (non-hydrogen) atoms. The fourth-order valence-electron chi connectivity index (χ4n) is 2.02. The van der Waals surface area contributed by atoms with Crippen LogP contribution in [0.2, 0.25) is 0 Å². The summed E-state index contributed by atoms with van der Waals surface area (Å²) in [5, 5.41) is 3.77. The van der Waals surface area contributed by atoms with Gasteiger partial charge in [-0.3, -0.25) is 4.79 Å². The molecule has 2 heterocycles. The van der Waals surface area contributed by atoms with E-state index in [0.717, 1.165) is 26.1 Å². The van der Waals surface area contributed by atoms with Crippen LogP contribution in [0.15, 0.2) is 4.52 Å². The smallest absolute Gasteiger partial charge is 0.290 e. The maximum absolute atomic E-state index is 10.4. The zero-order valence-electron chi connectivity index (χ0n) is 8.85. The molecule has 0 N–H and O–H groups in total. The molecule has 0 saturated carbocycles. The normalized spacial score (nSPS) is 22.1. The van der Waals surface area contributed by atoms with Crippen molar-refractivity contribution in [2.24, 2.45) is 5.92 Å². The molecule has 1 fully saturated rings. The van der Waals surface area contributed by atoms with Crippen LogP contribution in [0, 0.1) is 5.92 Å². The van der Waals surface area contributed by atoms with Crippen molar-refractivity contribution in [2.45, 2.75) is 19.8 Å². The molecule has 1 saturated heterocycles. The predicted octanol–water partition coefficient (Wildman–Crippen LogP) is 0.766. The first-order chi connectivity index (χ1) is 7.31. The van der Waals surface area contributed by atoms with Crippen LogP contribution in [0.25, 0.3) is 0 Å². The molecule has 1 aromatic rings. The lowest BCUT2D eigenvalue weighted by Crippen LogP contribution is -2.20. The van der Waals surface area contributed by atoms with Crippen molar-refractivity contribution >= 4 is 6.29 Å². The van der Waals surface area contributed by atoms with Crippen LogP contribution >= 0.6 is 0 Å². The van der Waals surface area contributed by atoms with Gasteiger partial charge in [0.15, 0.2) is 5.82 Å². The molecule has 2 rings (SSSR count). The Labute approximate surface area is 88.5 Å². The van der Waals surface area contributed by atoms with Gasteiger partial charge in [-0.15, -0.1) is 0 Å². The third kappa shape index (κ3) is 2.41. The maximum Gasteiger partial charge on any atom is 0.290 e. The van der Waals surface area contributed by atoms with E-state index < -0.39 is 0 Å². The monoisotopic (exact) mass is 209 g/mol. The molecule has 1 unspecified atom stereocenters. The lowest BCUT2D eigenvalue weighted by atomic mass is 10.1. The molecule has 1 atom stereocenters. The van der Waals surface area contributed by atoms with Gasteiger partial charge in [0.1, 0.15) is 0 Å². The van der Waals surface area contributed by atoms with Crippen LogP contribution in [0.5, 0.6) is 0 Å². The zero-order valence-corrected chi connectivity index (χ0v) is 8.85. The summed E-state index contributed by atoms with van der Waals surface area (Å²) < 4.78 is 4.73. The molecule has 1 aromatic heterocycles. The van der Waals surface area contributed by atoms with Crippen molar-refractivity contribution < 1.29 is 9.32 Å². The highest BCUT2D eigenvalue weighted by atomic mass is 16.5. The van der Waals surface area contributed by atoms with Crippen LogP contribution < -0.4 is 0 Å². The first kappa shape index (κ1) is 10.3. The van der Waals surface area contributed by atoms with Crippen molar-refractivity contribution in [3.63, 3.8) is 0 Å². The minimum atomic E-state index is 0.0790. The van der Waals surface area contributed by atoms with Crippen LogP contribution in [0.1, 0.15) is 29.9 Å². The van der Waals surface area contributed by atoms with Crippen LogP contribution in [0.4, 0.5) is 0 Å². The third-order valence-corrected chi connectivity index (χ3v) is 2.87. The number of likely N-dealkylation sites (tertiary alicyclic amines) is 1. The molecule has 0 amide bonds. The fourth-order valence-corrected chi connectivity index (χ4v) is 2.02. The maximum atomic E-state index is 10.4. The first-order valence-electron chi connectivity index (χ1n) is 5.32. The molecule has 0 spiro atoms. The number of hydrogen-bond acceptors (Lipinski definition) is 5. The van der Waals surface area contributed by atoms with Gasteiger partial charge in [-0.2, -0.15) is 4.98 Å². The van der Waals surface area contributed by atoms with E-state index in [9.17, 15) is 4.79 Å². The summed E-state index contributed by atoms with van der Waals surface area (Å²) in [6.07, 6.45) is 2.58. The number of carbonyl (C=O) groups excluding carboxylic acids is 1. The summed E-state index contributed by atoms with van der Waals surface area (Å²) in [6, 6.07) is 0. The first-order valence-corrected chi connectivity index (χ1v) is 5.32. The largest absolute Gasteiger partial charge is 0.331 e. The summed E-state index contributed by atoms with van der Waals surface area (Å²) in [5.74, 6) is 1.33. The Morgan fingerprint density at radius 1 is 1.67 bits per heavy atom. The SMILES string of the molecule is CCN1CCC(Cc2noc(C=O)n2)C1. The minimum absolute atomic E-state index is 0.0790. The molecule has 0 aliphatic carbocycles. The van der Waals surface area contributed by atoms with E-state index in [2.05, 4.69) is 22.0 Å². The van der Waals surface area contributed by atoms with Gasteiger partial charge in [0, 0.05) is 13.0 Å². The second kappa shape index (κ2) is 4.53. The van der Waals surface area contributed by atoms with Gasteiger partial charge in [0.25, 0.3) is 5.89 Å². The summed E-state index contributed by atoms with van der Waals surface area (Å²) in [4.78, 5) is 16.7. The Bertz CT molecular complexity index is 337. The molecule has 1 aliphatic heterocycles. The van der Waals surface area contributed by atoms with Gasteiger partial charge < -0.3 is 9.42 Å². The zero-order chi connectivity index (χ0) is 10.7. The van der Waals surface area contributed by atoms with Crippen molar-refractivity contribution in [1.82, 2.24) is 15.0 Å². The van der Waals surface area contributed by atoms with E-state index in [0.29, 0.717) is 18.0 Å². The topological polar surface area (TPSA) is 59.2 Å². The number of hydrogen-bond donors (Lipinski definition) is 0. The predicted molar refractivity (Wildman–Crippen MR) is 53.6 cm³/mol. The van der Waals surface area contributed by atoms with Crippen molar-refractivity contribution in [1.29, 1.82) is 0 Å². The quantitative estimate of drug-likeness (QED) is 0.685. The summed E-state index contributed by atoms with van der Waals surface area (Å²) in [5.41, 5.74) is 0. The Morgan fingerprint density at radius 2 is 2.53 bits per heavy atom. The lowest BCUT2D eigenvalue weighted by molar-refractivity contribution is 0.108. The highest BCUT2D eigenvalue weighted by molar-refractivity contribution is 5.66. The van der Waals surface area contributed by atoms with Gasteiger partial charge in [-0.1, -0.05) is 12.1 Å². The van der Waals surface area contributed by atoms with Gasteiger partial charge in [0.2, 0.25) is 6.29 Å². The molecular weight excluding hydrogens is 194 g/mol. The molecular formula is C10H15N3O2. The third-order valence-electron chi connectivity index (χ3n) is 2.87. The van der Waals surface area contributed by atoms with Crippen LogP contribution in [-0.4, -0.2) is 41.0 Å². The van der Waals surface area contributed by atoms with Gasteiger partial charge in [0.05, 0.1) is 0 Å². The standard InChI is InChI=1S/C10H15N3O2/c1-2-13-4-3-8(6-13)5-9-11-10(7-14)15-12-9/h7-8H,2-6H2,1H3. The number of aldehydes is 1. The van der Waals surface area contributed by atoms with Crippen LogP contribution in [0.3, 0.4) is 0 Å². The Hall–Kier alpha value is -1.23.